The molecule has 1 aromatic carbocycles. The molecule has 0 aliphatic carbocycles. The highest BCUT2D eigenvalue weighted by atomic mass is 19.4. The zero-order valence-electron chi connectivity index (χ0n) is 16.0. The van der Waals surface area contributed by atoms with Crippen molar-refractivity contribution in [3.05, 3.63) is 47.0 Å². The fourth-order valence-corrected chi connectivity index (χ4v) is 2.78. The fraction of sp³-hybridized carbons (Fsp3) is 0.500. The number of halogens is 3. The molecule has 0 bridgehead atoms. The van der Waals surface area contributed by atoms with Crippen LogP contribution in [0.3, 0.4) is 0 Å². The van der Waals surface area contributed by atoms with Crippen LogP contribution >= 0.6 is 0 Å². The molecule has 27 heavy (non-hydrogen) atoms. The van der Waals surface area contributed by atoms with Crippen LogP contribution in [0.5, 0.6) is 0 Å². The number of hydrogen-bond donors (Lipinski definition) is 0. The predicted octanol–water partition coefficient (Wildman–Crippen LogP) is 3.91. The van der Waals surface area contributed by atoms with Crippen LogP contribution in [-0.4, -0.2) is 48.7 Å². The molecule has 0 fully saturated rings. The number of rotatable bonds is 11. The molecule has 0 saturated heterocycles. The maximum Gasteiger partial charge on any atom is 0.416 e. The first-order valence-electron chi connectivity index (χ1n) is 8.82. The molecule has 0 N–H and O–H groups in total. The molecular formula is C20H27F3N2O2. The zero-order valence-corrected chi connectivity index (χ0v) is 16.0. The number of carbonyl (C=O) groups excluding carboxylic acids is 2. The smallest absolute Gasteiger partial charge is 0.337 e. The topological polar surface area (TPSA) is 40.6 Å². The van der Waals surface area contributed by atoms with E-state index in [4.69, 9.17) is 0 Å². The number of allylic oxidation sites excluding steroid dienone is 2. The molecular weight excluding hydrogens is 357 g/mol. The van der Waals surface area contributed by atoms with Crippen molar-refractivity contribution in [2.24, 2.45) is 0 Å². The fourth-order valence-electron chi connectivity index (χ4n) is 2.78. The Hall–Kier alpha value is -2.15. The average Bonchev–Trinajstić information content (AvgIpc) is 2.63. The molecule has 7 heteroatoms. The van der Waals surface area contributed by atoms with Gasteiger partial charge in [-0.2, -0.15) is 13.2 Å². The minimum atomic E-state index is -4.38. The lowest BCUT2D eigenvalue weighted by atomic mass is 10.0. The van der Waals surface area contributed by atoms with Crippen molar-refractivity contribution in [3.8, 4) is 0 Å². The monoisotopic (exact) mass is 384 g/mol. The van der Waals surface area contributed by atoms with Gasteiger partial charge in [-0.25, -0.2) is 0 Å². The zero-order chi connectivity index (χ0) is 20.4. The number of amides is 1. The van der Waals surface area contributed by atoms with Gasteiger partial charge in [0.25, 0.3) is 0 Å². The second-order valence-corrected chi connectivity index (χ2v) is 6.67. The first-order valence-corrected chi connectivity index (χ1v) is 8.82. The second kappa shape index (κ2) is 10.9. The first-order chi connectivity index (χ1) is 12.7. The van der Waals surface area contributed by atoms with E-state index in [0.29, 0.717) is 31.3 Å². The summed E-state index contributed by atoms with van der Waals surface area (Å²) in [6.45, 7) is 4.61. The highest BCUT2D eigenvalue weighted by Crippen LogP contribution is 2.30. The maximum absolute atomic E-state index is 12.9. The average molecular weight is 384 g/mol. The molecule has 0 aliphatic rings. The number of nitrogens with zero attached hydrogens (tertiary/aromatic N) is 2. The van der Waals surface area contributed by atoms with E-state index in [9.17, 15) is 22.8 Å². The third kappa shape index (κ3) is 7.95. The largest absolute Gasteiger partial charge is 0.416 e. The lowest BCUT2D eigenvalue weighted by molar-refractivity contribution is -0.137. The van der Waals surface area contributed by atoms with Crippen LogP contribution in [-0.2, 0) is 22.3 Å². The van der Waals surface area contributed by atoms with Crippen molar-refractivity contribution in [3.63, 3.8) is 0 Å². The van der Waals surface area contributed by atoms with Crippen molar-refractivity contribution in [2.75, 3.05) is 20.1 Å². The Morgan fingerprint density at radius 2 is 1.96 bits per heavy atom. The summed E-state index contributed by atoms with van der Waals surface area (Å²) in [5.74, 6) is 0. The van der Waals surface area contributed by atoms with E-state index in [0.717, 1.165) is 25.0 Å². The highest BCUT2D eigenvalue weighted by Gasteiger charge is 2.30. The Balaban J connectivity index is 2.92. The Labute approximate surface area is 158 Å². The number of benzene rings is 1. The number of likely N-dealkylation sites (N-methyl/N-ethyl adjacent to an activating group) is 1. The van der Waals surface area contributed by atoms with Gasteiger partial charge in [0.05, 0.1) is 12.1 Å². The van der Waals surface area contributed by atoms with Crippen LogP contribution in [0.1, 0.15) is 37.8 Å². The Morgan fingerprint density at radius 3 is 2.52 bits per heavy atom. The molecule has 0 radical (unpaired) electrons. The van der Waals surface area contributed by atoms with Crippen molar-refractivity contribution >= 4 is 12.7 Å². The molecule has 0 aliphatic heterocycles. The summed E-state index contributed by atoms with van der Waals surface area (Å²) < 4.78 is 38.7. The molecule has 0 aromatic heterocycles. The van der Waals surface area contributed by atoms with Crippen LogP contribution in [0.2, 0.25) is 0 Å². The normalized spacial score (nSPS) is 13.5. The van der Waals surface area contributed by atoms with Gasteiger partial charge < -0.3 is 9.69 Å². The van der Waals surface area contributed by atoms with E-state index in [1.165, 1.54) is 16.5 Å². The van der Waals surface area contributed by atoms with Crippen molar-refractivity contribution in [2.45, 2.75) is 45.5 Å². The molecule has 150 valence electrons. The minimum Gasteiger partial charge on any atom is -0.337 e. The summed E-state index contributed by atoms with van der Waals surface area (Å²) in [7, 11) is 1.82. The first kappa shape index (κ1) is 22.9. The summed E-state index contributed by atoms with van der Waals surface area (Å²) in [4.78, 5) is 25.2. The highest BCUT2D eigenvalue weighted by molar-refractivity contribution is 5.59. The van der Waals surface area contributed by atoms with E-state index >= 15 is 0 Å². The second-order valence-electron chi connectivity index (χ2n) is 6.67. The Morgan fingerprint density at radius 1 is 1.26 bits per heavy atom. The SMILES string of the molecule is C/C=C(\C)CC[C@@H](CN(C=O)CC=O)N(C)Cc1cccc(C(F)(F)F)c1. The van der Waals surface area contributed by atoms with Crippen LogP contribution in [0.15, 0.2) is 35.9 Å². The number of alkyl halides is 3. The molecule has 1 aromatic rings. The van der Waals surface area contributed by atoms with Gasteiger partial charge in [0.2, 0.25) is 6.41 Å². The van der Waals surface area contributed by atoms with Gasteiger partial charge in [0.15, 0.2) is 0 Å². The summed E-state index contributed by atoms with van der Waals surface area (Å²) in [5, 5.41) is 0. The van der Waals surface area contributed by atoms with E-state index in [1.54, 1.807) is 6.07 Å². The molecule has 0 saturated carbocycles. The lowest BCUT2D eigenvalue weighted by Crippen LogP contribution is -2.42. The van der Waals surface area contributed by atoms with Crippen molar-refractivity contribution in [1.82, 2.24) is 9.80 Å². The van der Waals surface area contributed by atoms with Gasteiger partial charge in [-0.3, -0.25) is 9.69 Å². The van der Waals surface area contributed by atoms with E-state index in [1.807, 2.05) is 31.9 Å². The Bertz CT molecular complexity index is 644. The molecule has 0 heterocycles. The maximum atomic E-state index is 12.9. The number of aldehydes is 1. The summed E-state index contributed by atoms with van der Waals surface area (Å²) in [5.41, 5.74) is 1.07. The molecule has 0 unspecified atom stereocenters. The molecule has 0 spiro atoms. The van der Waals surface area contributed by atoms with Crippen molar-refractivity contribution in [1.29, 1.82) is 0 Å². The van der Waals surface area contributed by atoms with E-state index < -0.39 is 11.7 Å². The molecule has 1 amide bonds. The van der Waals surface area contributed by atoms with Gasteiger partial charge in [-0.05, 0) is 45.4 Å². The number of hydrogen-bond acceptors (Lipinski definition) is 3. The molecule has 1 atom stereocenters. The predicted molar refractivity (Wildman–Crippen MR) is 99.1 cm³/mol. The van der Waals surface area contributed by atoms with Gasteiger partial charge in [-0.1, -0.05) is 29.8 Å². The van der Waals surface area contributed by atoms with Gasteiger partial charge >= 0.3 is 6.18 Å². The van der Waals surface area contributed by atoms with E-state index in [-0.39, 0.29) is 12.6 Å². The third-order valence-electron chi connectivity index (χ3n) is 4.58. The summed E-state index contributed by atoms with van der Waals surface area (Å²) in [6, 6.07) is 5.17. The van der Waals surface area contributed by atoms with Crippen LogP contribution in [0.25, 0.3) is 0 Å². The summed E-state index contributed by atoms with van der Waals surface area (Å²) >= 11 is 0. The third-order valence-corrected chi connectivity index (χ3v) is 4.58. The van der Waals surface area contributed by atoms with Crippen LogP contribution in [0.4, 0.5) is 13.2 Å². The van der Waals surface area contributed by atoms with Gasteiger partial charge in [0.1, 0.15) is 6.29 Å². The van der Waals surface area contributed by atoms with Crippen LogP contribution < -0.4 is 0 Å². The minimum absolute atomic E-state index is 0.00000193. The quantitative estimate of drug-likeness (QED) is 0.429. The Kier molecular flexibility index (Phi) is 9.21. The standard InChI is InChI=1S/C20H27F3N2O2/c1-4-16(2)8-9-19(14-25(15-27)10-11-26)24(3)13-17-6-5-7-18(12-17)20(21,22)23/h4-7,11-12,15,19H,8-10,13-14H2,1-3H3/b16-4+/t19-/m0/s1. The lowest BCUT2D eigenvalue weighted by Gasteiger charge is -2.31. The van der Waals surface area contributed by atoms with Gasteiger partial charge in [-0.15, -0.1) is 0 Å². The van der Waals surface area contributed by atoms with Gasteiger partial charge in [0, 0.05) is 19.1 Å². The van der Waals surface area contributed by atoms with Crippen molar-refractivity contribution < 1.29 is 22.8 Å². The molecule has 1 rings (SSSR count). The van der Waals surface area contributed by atoms with Crippen LogP contribution in [0, 0.1) is 0 Å². The molecule has 4 nitrogen and oxygen atoms in total. The van der Waals surface area contributed by atoms with E-state index in [2.05, 4.69) is 0 Å². The number of carbonyl (C=O) groups is 2. The summed E-state index contributed by atoms with van der Waals surface area (Å²) in [6.07, 6.45) is 0.455.